The van der Waals surface area contributed by atoms with Gasteiger partial charge in [0.2, 0.25) is 0 Å². The van der Waals surface area contributed by atoms with Crippen molar-refractivity contribution < 1.29 is 5.11 Å². The fourth-order valence-corrected chi connectivity index (χ4v) is 3.07. The van der Waals surface area contributed by atoms with E-state index < -0.39 is 0 Å². The van der Waals surface area contributed by atoms with Crippen LogP contribution in [-0.2, 0) is 0 Å². The van der Waals surface area contributed by atoms with Crippen LogP contribution in [0.1, 0.15) is 19.3 Å². The van der Waals surface area contributed by atoms with Gasteiger partial charge in [0.05, 0.1) is 0 Å². The summed E-state index contributed by atoms with van der Waals surface area (Å²) in [4.78, 5) is 1.26. The minimum atomic E-state index is 0.350. The normalized spacial score (nSPS) is 17.5. The fraction of sp³-hybridized carbons (Fsp3) is 0.538. The molecule has 0 amide bonds. The van der Waals surface area contributed by atoms with Crippen molar-refractivity contribution in [3.63, 3.8) is 0 Å². The molecule has 0 radical (unpaired) electrons. The van der Waals surface area contributed by atoms with Crippen molar-refractivity contribution in [1.29, 1.82) is 0 Å². The molecular weight excluding hydrogens is 218 g/mol. The first-order valence-corrected chi connectivity index (χ1v) is 6.96. The van der Waals surface area contributed by atoms with Gasteiger partial charge < -0.3 is 10.4 Å². The first kappa shape index (κ1) is 11.8. The van der Waals surface area contributed by atoms with E-state index in [1.165, 1.54) is 43.0 Å². The van der Waals surface area contributed by atoms with Gasteiger partial charge >= 0.3 is 0 Å². The molecule has 3 heteroatoms. The molecule has 1 aromatic carbocycles. The summed E-state index contributed by atoms with van der Waals surface area (Å²) in [7, 11) is 0. The van der Waals surface area contributed by atoms with Crippen molar-refractivity contribution in [2.75, 3.05) is 18.8 Å². The van der Waals surface area contributed by atoms with Crippen LogP contribution >= 0.6 is 11.8 Å². The third-order valence-corrected chi connectivity index (χ3v) is 4.14. The maximum atomic E-state index is 9.17. The summed E-state index contributed by atoms with van der Waals surface area (Å²) in [5, 5.41) is 12.6. The van der Waals surface area contributed by atoms with Crippen LogP contribution in [0.4, 0.5) is 0 Å². The van der Waals surface area contributed by atoms with Crippen molar-refractivity contribution in [3.8, 4) is 5.75 Å². The molecule has 88 valence electrons. The van der Waals surface area contributed by atoms with E-state index in [1.54, 1.807) is 12.1 Å². The topological polar surface area (TPSA) is 32.3 Å². The number of nitrogens with one attached hydrogen (secondary N) is 1. The number of hydrogen-bond donors (Lipinski definition) is 2. The van der Waals surface area contributed by atoms with E-state index in [9.17, 15) is 0 Å². The van der Waals surface area contributed by atoms with Crippen LogP contribution in [0, 0.1) is 5.92 Å². The predicted molar refractivity (Wildman–Crippen MR) is 69.0 cm³/mol. The molecule has 0 aromatic heterocycles. The Morgan fingerprint density at radius 3 is 2.56 bits per heavy atom. The lowest BCUT2D eigenvalue weighted by Crippen LogP contribution is -2.27. The number of phenols is 1. The lowest BCUT2D eigenvalue weighted by Gasteiger charge is -2.22. The zero-order chi connectivity index (χ0) is 11.2. The Bertz CT molecular complexity index is 306. The summed E-state index contributed by atoms with van der Waals surface area (Å²) in [6.07, 6.45) is 3.97. The molecule has 0 unspecified atom stereocenters. The molecule has 1 saturated heterocycles. The van der Waals surface area contributed by atoms with Crippen molar-refractivity contribution in [3.05, 3.63) is 24.3 Å². The lowest BCUT2D eigenvalue weighted by molar-refractivity contribution is 0.367. The molecule has 0 bridgehead atoms. The smallest absolute Gasteiger partial charge is 0.115 e. The van der Waals surface area contributed by atoms with Crippen molar-refractivity contribution >= 4 is 11.8 Å². The second kappa shape index (κ2) is 6.16. The zero-order valence-electron chi connectivity index (χ0n) is 9.48. The molecule has 1 aromatic rings. The molecule has 2 nitrogen and oxygen atoms in total. The Morgan fingerprint density at radius 2 is 1.88 bits per heavy atom. The maximum absolute atomic E-state index is 9.17. The highest BCUT2D eigenvalue weighted by Crippen LogP contribution is 2.24. The molecule has 2 rings (SSSR count). The van der Waals surface area contributed by atoms with E-state index in [1.807, 2.05) is 23.9 Å². The molecule has 1 aliphatic heterocycles. The maximum Gasteiger partial charge on any atom is 0.115 e. The molecule has 0 atom stereocenters. The number of thioether (sulfide) groups is 1. The van der Waals surface area contributed by atoms with Crippen LogP contribution in [0.25, 0.3) is 0 Å². The van der Waals surface area contributed by atoms with E-state index >= 15 is 0 Å². The number of hydrogen-bond acceptors (Lipinski definition) is 3. The van der Waals surface area contributed by atoms with Gasteiger partial charge in [0, 0.05) is 4.90 Å². The molecular formula is C13H19NOS. The molecule has 0 spiro atoms. The number of benzene rings is 1. The van der Waals surface area contributed by atoms with Gasteiger partial charge in [-0.3, -0.25) is 0 Å². The molecule has 1 aliphatic rings. The van der Waals surface area contributed by atoms with Gasteiger partial charge in [0.25, 0.3) is 0 Å². The number of phenolic OH excluding ortho intramolecular Hbond substituents is 1. The van der Waals surface area contributed by atoms with E-state index in [2.05, 4.69) is 5.32 Å². The SMILES string of the molecule is Oc1ccc(SCCC2CCNCC2)cc1. The molecule has 0 aliphatic carbocycles. The first-order valence-electron chi connectivity index (χ1n) is 5.97. The van der Waals surface area contributed by atoms with Crippen molar-refractivity contribution in [1.82, 2.24) is 5.32 Å². The Morgan fingerprint density at radius 1 is 1.19 bits per heavy atom. The highest BCUT2D eigenvalue weighted by Gasteiger charge is 2.12. The van der Waals surface area contributed by atoms with Crippen LogP contribution in [0.2, 0.25) is 0 Å². The standard InChI is InChI=1S/C13H19NOS/c15-12-1-3-13(4-2-12)16-10-7-11-5-8-14-9-6-11/h1-4,11,14-15H,5-10H2. The summed E-state index contributed by atoms with van der Waals surface area (Å²) in [5.74, 6) is 2.45. The molecule has 2 N–H and O–H groups in total. The van der Waals surface area contributed by atoms with Gasteiger partial charge in [0.1, 0.15) is 5.75 Å². The van der Waals surface area contributed by atoms with Crippen molar-refractivity contribution in [2.24, 2.45) is 5.92 Å². The molecule has 16 heavy (non-hydrogen) atoms. The van der Waals surface area contributed by atoms with Gasteiger partial charge in [-0.1, -0.05) is 0 Å². The minimum absolute atomic E-state index is 0.350. The van der Waals surface area contributed by atoms with Crippen LogP contribution in [0.3, 0.4) is 0 Å². The zero-order valence-corrected chi connectivity index (χ0v) is 10.3. The van der Waals surface area contributed by atoms with E-state index in [4.69, 9.17) is 5.11 Å². The Balaban J connectivity index is 1.69. The number of piperidine rings is 1. The quantitative estimate of drug-likeness (QED) is 0.790. The van der Waals surface area contributed by atoms with Crippen LogP contribution in [0.5, 0.6) is 5.75 Å². The average Bonchev–Trinajstić information content (AvgIpc) is 2.33. The average molecular weight is 237 g/mol. The van der Waals surface area contributed by atoms with Crippen molar-refractivity contribution in [2.45, 2.75) is 24.2 Å². The number of rotatable bonds is 4. The summed E-state index contributed by atoms with van der Waals surface area (Å²) >= 11 is 1.89. The van der Waals surface area contributed by atoms with Gasteiger partial charge in [-0.25, -0.2) is 0 Å². The summed E-state index contributed by atoms with van der Waals surface area (Å²) in [6.45, 7) is 2.38. The van der Waals surface area contributed by atoms with Gasteiger partial charge in [-0.15, -0.1) is 11.8 Å². The second-order valence-electron chi connectivity index (χ2n) is 4.32. The summed E-state index contributed by atoms with van der Waals surface area (Å²) < 4.78 is 0. The van der Waals surface area contributed by atoms with E-state index in [0.29, 0.717) is 5.75 Å². The van der Waals surface area contributed by atoms with Crippen LogP contribution < -0.4 is 5.32 Å². The van der Waals surface area contributed by atoms with E-state index in [-0.39, 0.29) is 0 Å². The minimum Gasteiger partial charge on any atom is -0.508 e. The molecule has 0 saturated carbocycles. The largest absolute Gasteiger partial charge is 0.508 e. The van der Waals surface area contributed by atoms with E-state index in [0.717, 1.165) is 5.92 Å². The highest BCUT2D eigenvalue weighted by molar-refractivity contribution is 7.99. The monoisotopic (exact) mass is 237 g/mol. The van der Waals surface area contributed by atoms with Crippen LogP contribution in [-0.4, -0.2) is 23.9 Å². The third kappa shape index (κ3) is 3.72. The molecule has 1 heterocycles. The highest BCUT2D eigenvalue weighted by atomic mass is 32.2. The van der Waals surface area contributed by atoms with Gasteiger partial charge in [0.15, 0.2) is 0 Å². The number of aromatic hydroxyl groups is 1. The summed E-state index contributed by atoms with van der Waals surface area (Å²) in [5.41, 5.74) is 0. The molecule has 1 fully saturated rings. The Hall–Kier alpha value is -0.670. The first-order chi connectivity index (χ1) is 7.84. The van der Waals surface area contributed by atoms with Gasteiger partial charge in [-0.2, -0.15) is 0 Å². The predicted octanol–water partition coefficient (Wildman–Crippen LogP) is 2.87. The Labute approximate surface area is 101 Å². The van der Waals surface area contributed by atoms with Crippen LogP contribution in [0.15, 0.2) is 29.2 Å². The summed E-state index contributed by atoms with van der Waals surface area (Å²) in [6, 6.07) is 7.49. The lowest BCUT2D eigenvalue weighted by atomic mass is 9.96. The Kier molecular flexibility index (Phi) is 4.55. The third-order valence-electron chi connectivity index (χ3n) is 3.09. The second-order valence-corrected chi connectivity index (χ2v) is 5.49. The van der Waals surface area contributed by atoms with Gasteiger partial charge in [-0.05, 0) is 68.3 Å². The fourth-order valence-electron chi connectivity index (χ4n) is 2.06.